The number of carboxylic acid groups (broad SMARTS) is 2. The molecule has 8 nitrogen and oxygen atoms in total. The van der Waals surface area contributed by atoms with E-state index in [-0.39, 0.29) is 18.1 Å². The van der Waals surface area contributed by atoms with Gasteiger partial charge in [-0.2, -0.15) is 0 Å². The number of carbonyl (C=O) groups is 2. The highest BCUT2D eigenvalue weighted by molar-refractivity contribution is 5.95. The van der Waals surface area contributed by atoms with Gasteiger partial charge in [-0.25, -0.2) is 4.79 Å². The summed E-state index contributed by atoms with van der Waals surface area (Å²) in [6, 6.07) is 3.94. The molecule has 2 aromatic rings. The number of aryl methyl sites for hydroxylation is 1. The maximum atomic E-state index is 12.5. The molecular weight excluding hydrogens is 326 g/mol. The first-order chi connectivity index (χ1) is 11.9. The van der Waals surface area contributed by atoms with Gasteiger partial charge in [0, 0.05) is 36.4 Å². The number of nitrogens with zero attached hydrogens (tertiary/aromatic N) is 1. The van der Waals surface area contributed by atoms with E-state index >= 15 is 0 Å². The van der Waals surface area contributed by atoms with Gasteiger partial charge in [0.15, 0.2) is 0 Å². The largest absolute Gasteiger partial charge is 0.483 e. The average Bonchev–Trinajstić information content (AvgIpc) is 2.58. The summed E-state index contributed by atoms with van der Waals surface area (Å²) in [5.41, 5.74) is 7.64. The van der Waals surface area contributed by atoms with Gasteiger partial charge < -0.3 is 25.8 Å². The molecule has 5 N–H and O–H groups in total. The first kappa shape index (κ1) is 18.5. The van der Waals surface area contributed by atoms with Crippen LogP contribution in [-0.4, -0.2) is 40.3 Å². The van der Waals surface area contributed by atoms with Crippen molar-refractivity contribution in [3.05, 3.63) is 39.7 Å². The zero-order valence-electron chi connectivity index (χ0n) is 13.9. The number of benzene rings is 1. The maximum absolute atomic E-state index is 12.5. The number of hydrogen-bond donors (Lipinski definition) is 4. The molecule has 2 heterocycles. The monoisotopic (exact) mass is 347 g/mol. The van der Waals surface area contributed by atoms with Gasteiger partial charge in [-0.05, 0) is 37.5 Å². The van der Waals surface area contributed by atoms with Crippen LogP contribution >= 0.6 is 0 Å². The lowest BCUT2D eigenvalue weighted by Gasteiger charge is -2.27. The number of nitrogens with one attached hydrogen (secondary N) is 1. The van der Waals surface area contributed by atoms with Crippen molar-refractivity contribution < 1.29 is 19.8 Å². The number of aromatic nitrogens is 1. The summed E-state index contributed by atoms with van der Waals surface area (Å²) in [6.07, 6.45) is 3.28. The molecule has 0 saturated heterocycles. The number of anilines is 1. The van der Waals surface area contributed by atoms with E-state index in [9.17, 15) is 14.7 Å². The topological polar surface area (TPSA) is 135 Å². The third-order valence-corrected chi connectivity index (χ3v) is 4.21. The lowest BCUT2D eigenvalue weighted by Crippen LogP contribution is -2.24. The van der Waals surface area contributed by atoms with Gasteiger partial charge >= 0.3 is 5.97 Å². The third kappa shape index (κ3) is 3.63. The Hall–Kier alpha value is -2.87. The molecule has 1 aromatic heterocycles. The molecule has 0 radical (unpaired) electrons. The number of rotatable bonds is 4. The second-order valence-corrected chi connectivity index (χ2v) is 5.82. The van der Waals surface area contributed by atoms with Crippen LogP contribution in [0.25, 0.3) is 10.9 Å². The normalized spacial score (nSPS) is 15.2. The van der Waals surface area contributed by atoms with Gasteiger partial charge in [0.05, 0.1) is 5.52 Å². The maximum Gasteiger partial charge on any atom is 0.341 e. The van der Waals surface area contributed by atoms with E-state index in [4.69, 9.17) is 15.6 Å². The van der Waals surface area contributed by atoms with Crippen molar-refractivity contribution in [3.8, 4) is 0 Å². The molecule has 0 amide bonds. The van der Waals surface area contributed by atoms with Gasteiger partial charge in [0.1, 0.15) is 5.56 Å². The van der Waals surface area contributed by atoms with Crippen molar-refractivity contribution in [2.75, 3.05) is 18.4 Å². The number of carboxylic acids is 1. The average molecular weight is 347 g/mol. The second-order valence-electron chi connectivity index (χ2n) is 5.82. The van der Waals surface area contributed by atoms with E-state index in [1.165, 1.54) is 6.20 Å². The number of hydrogen-bond acceptors (Lipinski definition) is 5. The molecule has 0 aliphatic carbocycles. The molecular formula is C17H21N3O5. The van der Waals surface area contributed by atoms with Crippen molar-refractivity contribution in [1.82, 2.24) is 4.57 Å². The van der Waals surface area contributed by atoms with Crippen molar-refractivity contribution in [2.24, 2.45) is 5.73 Å². The molecule has 1 aliphatic rings. The fourth-order valence-electron chi connectivity index (χ4n) is 3.09. The van der Waals surface area contributed by atoms with E-state index in [1.807, 2.05) is 17.6 Å². The van der Waals surface area contributed by atoms with E-state index < -0.39 is 11.4 Å². The first-order valence-corrected chi connectivity index (χ1v) is 7.91. The Balaban J connectivity index is 0.000000701. The van der Waals surface area contributed by atoms with Crippen LogP contribution in [0.4, 0.5) is 5.69 Å². The van der Waals surface area contributed by atoms with Gasteiger partial charge in [0.25, 0.3) is 6.47 Å². The molecule has 8 heteroatoms. The van der Waals surface area contributed by atoms with E-state index in [0.717, 1.165) is 29.6 Å². The summed E-state index contributed by atoms with van der Waals surface area (Å²) in [5.74, 6) is -1.18. The van der Waals surface area contributed by atoms with Crippen LogP contribution < -0.4 is 16.5 Å². The Morgan fingerprint density at radius 1 is 1.48 bits per heavy atom. The number of pyridine rings is 1. The summed E-state index contributed by atoms with van der Waals surface area (Å²) in [5, 5.41) is 19.8. The molecule has 0 bridgehead atoms. The van der Waals surface area contributed by atoms with Crippen molar-refractivity contribution in [1.29, 1.82) is 0 Å². The standard InChI is InChI=1S/C16H19N3O3.CH2O2/c1-9-2-3-10-6-11(18-5-4-17)7-12-14(10)19(9)8-13(15(12)20)16(21)22;2-1-3/h6-9,18H,2-5,17H2,1H3,(H,21,22);1H,(H,2,3). The number of aromatic carboxylic acids is 1. The molecule has 3 rings (SSSR count). The molecule has 1 aromatic carbocycles. The van der Waals surface area contributed by atoms with Gasteiger partial charge in [-0.1, -0.05) is 0 Å². The van der Waals surface area contributed by atoms with Crippen LogP contribution in [0.5, 0.6) is 0 Å². The zero-order chi connectivity index (χ0) is 18.6. The zero-order valence-corrected chi connectivity index (χ0v) is 13.9. The highest BCUT2D eigenvalue weighted by Crippen LogP contribution is 2.32. The van der Waals surface area contributed by atoms with Crippen molar-refractivity contribution >= 4 is 29.0 Å². The van der Waals surface area contributed by atoms with Crippen LogP contribution in [0.1, 0.15) is 35.3 Å². The summed E-state index contributed by atoms with van der Waals surface area (Å²) in [6.45, 7) is 2.89. The minimum absolute atomic E-state index is 0.177. The minimum atomic E-state index is -1.18. The molecule has 0 spiro atoms. The smallest absolute Gasteiger partial charge is 0.341 e. The molecule has 25 heavy (non-hydrogen) atoms. The highest BCUT2D eigenvalue weighted by atomic mass is 16.4. The summed E-state index contributed by atoms with van der Waals surface area (Å²) >= 11 is 0. The Bertz CT molecular complexity index is 859. The van der Waals surface area contributed by atoms with Crippen LogP contribution in [0.2, 0.25) is 0 Å². The predicted octanol–water partition coefficient (Wildman–Crippen LogP) is 1.28. The predicted molar refractivity (Wildman–Crippen MR) is 94.4 cm³/mol. The Morgan fingerprint density at radius 3 is 2.76 bits per heavy atom. The van der Waals surface area contributed by atoms with E-state index in [1.54, 1.807) is 6.07 Å². The summed E-state index contributed by atoms with van der Waals surface area (Å²) in [7, 11) is 0. The first-order valence-electron chi connectivity index (χ1n) is 7.91. The van der Waals surface area contributed by atoms with Crippen LogP contribution in [0.3, 0.4) is 0 Å². The van der Waals surface area contributed by atoms with Gasteiger partial charge in [-0.15, -0.1) is 0 Å². The van der Waals surface area contributed by atoms with Gasteiger partial charge in [0.2, 0.25) is 5.43 Å². The minimum Gasteiger partial charge on any atom is -0.483 e. The molecule has 0 saturated carbocycles. The van der Waals surface area contributed by atoms with Crippen molar-refractivity contribution in [3.63, 3.8) is 0 Å². The lowest BCUT2D eigenvalue weighted by atomic mass is 9.95. The molecule has 1 unspecified atom stereocenters. The quantitative estimate of drug-likeness (QED) is 0.612. The van der Waals surface area contributed by atoms with Crippen molar-refractivity contribution in [2.45, 2.75) is 25.8 Å². The van der Waals surface area contributed by atoms with Crippen LogP contribution in [0, 0.1) is 0 Å². The van der Waals surface area contributed by atoms with E-state index in [0.29, 0.717) is 18.5 Å². The van der Waals surface area contributed by atoms with E-state index in [2.05, 4.69) is 5.32 Å². The highest BCUT2D eigenvalue weighted by Gasteiger charge is 2.23. The Labute approximate surface area is 143 Å². The third-order valence-electron chi connectivity index (χ3n) is 4.21. The molecule has 0 fully saturated rings. The van der Waals surface area contributed by atoms with Crippen LogP contribution in [-0.2, 0) is 11.2 Å². The summed E-state index contributed by atoms with van der Waals surface area (Å²) < 4.78 is 1.92. The second kappa shape index (κ2) is 7.80. The lowest BCUT2D eigenvalue weighted by molar-refractivity contribution is -0.122. The fraction of sp³-hybridized carbons (Fsp3) is 0.353. The fourth-order valence-corrected chi connectivity index (χ4v) is 3.09. The van der Waals surface area contributed by atoms with Crippen LogP contribution in [0.15, 0.2) is 23.1 Å². The SMILES string of the molecule is CC1CCc2cc(NCCN)cc3c(=O)c(C(=O)O)cn1c23.O=CO. The molecule has 134 valence electrons. The molecule has 1 aliphatic heterocycles. The summed E-state index contributed by atoms with van der Waals surface area (Å²) in [4.78, 5) is 32.2. The van der Waals surface area contributed by atoms with Gasteiger partial charge in [-0.3, -0.25) is 9.59 Å². The molecule has 1 atom stereocenters. The number of nitrogens with two attached hydrogens (primary N) is 1. The Kier molecular flexibility index (Phi) is 5.76. The Morgan fingerprint density at radius 2 is 2.16 bits per heavy atom.